The van der Waals surface area contributed by atoms with E-state index in [1.807, 2.05) is 37.3 Å². The van der Waals surface area contributed by atoms with Gasteiger partial charge in [-0.2, -0.15) is 0 Å². The summed E-state index contributed by atoms with van der Waals surface area (Å²) >= 11 is 0. The number of sulfonamides is 1. The number of rotatable bonds is 4. The van der Waals surface area contributed by atoms with E-state index in [9.17, 15) is 8.42 Å². The van der Waals surface area contributed by atoms with Crippen LogP contribution in [0.5, 0.6) is 0 Å². The third-order valence-electron chi connectivity index (χ3n) is 6.47. The van der Waals surface area contributed by atoms with Crippen molar-refractivity contribution in [2.24, 2.45) is 5.92 Å². The molecular weight excluding hydrogens is 404 g/mol. The number of benzene rings is 3. The van der Waals surface area contributed by atoms with Gasteiger partial charge in [0, 0.05) is 11.6 Å². The number of aryl methyl sites for hydroxylation is 2. The highest BCUT2D eigenvalue weighted by Gasteiger charge is 2.38. The van der Waals surface area contributed by atoms with Crippen molar-refractivity contribution in [1.82, 2.24) is 0 Å². The smallest absolute Gasteiger partial charge is 0.261 e. The summed E-state index contributed by atoms with van der Waals surface area (Å²) in [6, 6.07) is 21.7. The van der Waals surface area contributed by atoms with Crippen molar-refractivity contribution in [3.05, 3.63) is 101 Å². The minimum atomic E-state index is -3.67. The summed E-state index contributed by atoms with van der Waals surface area (Å²) in [5.74, 6) is 0.577. The molecule has 5 rings (SSSR count). The molecule has 0 radical (unpaired) electrons. The van der Waals surface area contributed by atoms with E-state index < -0.39 is 10.0 Å². The number of fused-ring (bicyclic) bond motifs is 3. The first kappa shape index (κ1) is 19.9. The molecular formula is C26H26N2O2S. The molecule has 0 saturated carbocycles. The summed E-state index contributed by atoms with van der Waals surface area (Å²) in [5, 5.41) is 3.69. The molecule has 4 nitrogen and oxygen atoms in total. The number of nitrogens with one attached hydrogen (secondary N) is 2. The average Bonchev–Trinajstić information content (AvgIpc) is 3.25. The predicted octanol–water partition coefficient (Wildman–Crippen LogP) is 5.93. The fraction of sp³-hybridized carbons (Fsp3) is 0.231. The van der Waals surface area contributed by atoms with Crippen LogP contribution < -0.4 is 10.0 Å². The van der Waals surface area contributed by atoms with Crippen LogP contribution >= 0.6 is 0 Å². The van der Waals surface area contributed by atoms with E-state index in [1.54, 1.807) is 12.1 Å². The zero-order chi connectivity index (χ0) is 21.6. The van der Waals surface area contributed by atoms with E-state index in [1.165, 1.54) is 11.1 Å². The number of para-hydroxylation sites is 1. The molecule has 31 heavy (non-hydrogen) atoms. The van der Waals surface area contributed by atoms with Crippen molar-refractivity contribution < 1.29 is 8.42 Å². The molecule has 0 amide bonds. The summed E-state index contributed by atoms with van der Waals surface area (Å²) in [6.07, 6.45) is 5.44. The summed E-state index contributed by atoms with van der Waals surface area (Å²) < 4.78 is 28.9. The molecule has 0 aromatic heterocycles. The van der Waals surface area contributed by atoms with Crippen LogP contribution in [0, 0.1) is 19.8 Å². The van der Waals surface area contributed by atoms with Crippen molar-refractivity contribution >= 4 is 21.4 Å². The minimum Gasteiger partial charge on any atom is -0.378 e. The molecule has 1 heterocycles. The molecule has 0 unspecified atom stereocenters. The molecule has 3 aromatic carbocycles. The van der Waals surface area contributed by atoms with Crippen LogP contribution in [0.3, 0.4) is 0 Å². The lowest BCUT2D eigenvalue weighted by Gasteiger charge is -2.37. The summed E-state index contributed by atoms with van der Waals surface area (Å²) in [7, 11) is -3.67. The predicted molar refractivity (Wildman–Crippen MR) is 126 cm³/mol. The Morgan fingerprint density at radius 3 is 2.52 bits per heavy atom. The normalized spacial score (nSPS) is 21.8. The topological polar surface area (TPSA) is 58.2 Å². The molecule has 2 aliphatic rings. The van der Waals surface area contributed by atoms with Crippen LogP contribution in [0.25, 0.3) is 0 Å². The highest BCUT2D eigenvalue weighted by atomic mass is 32.2. The van der Waals surface area contributed by atoms with Crippen LogP contribution in [0.15, 0.2) is 83.8 Å². The van der Waals surface area contributed by atoms with Crippen molar-refractivity contribution in [3.63, 3.8) is 0 Å². The van der Waals surface area contributed by atoms with Crippen LogP contribution in [0.4, 0.5) is 11.4 Å². The van der Waals surface area contributed by atoms with Gasteiger partial charge >= 0.3 is 0 Å². The van der Waals surface area contributed by atoms with Crippen molar-refractivity contribution in [2.75, 3.05) is 10.0 Å². The number of hydrogen-bond acceptors (Lipinski definition) is 3. The lowest BCUT2D eigenvalue weighted by atomic mass is 9.77. The third-order valence-corrected chi connectivity index (χ3v) is 7.83. The van der Waals surface area contributed by atoms with Crippen LogP contribution in [0.2, 0.25) is 0 Å². The lowest BCUT2D eigenvalue weighted by Crippen LogP contribution is -2.29. The second-order valence-electron chi connectivity index (χ2n) is 8.56. The standard InChI is InChI=1S/C26H26N2O2S/c1-17-10-12-19(13-11-17)26-22-8-5-7-21(22)23-16-20(14-15-25(23)27-26)31(29,30)28-24-9-4-3-6-18(24)2/h3-7,9-16,21-22,26-28H,8H2,1-2H3/t21-,22+,26+/m0/s1. The zero-order valence-corrected chi connectivity index (χ0v) is 18.5. The van der Waals surface area contributed by atoms with Gasteiger partial charge in [-0.25, -0.2) is 8.42 Å². The highest BCUT2D eigenvalue weighted by molar-refractivity contribution is 7.92. The molecule has 0 saturated heterocycles. The van der Waals surface area contributed by atoms with Gasteiger partial charge in [0.1, 0.15) is 0 Å². The maximum atomic E-state index is 13.1. The monoisotopic (exact) mass is 430 g/mol. The Kier molecular flexibility index (Phi) is 4.86. The fourth-order valence-corrected chi connectivity index (χ4v) is 5.90. The molecule has 5 heteroatoms. The first-order chi connectivity index (χ1) is 14.9. The molecule has 1 aliphatic heterocycles. The molecule has 3 atom stereocenters. The van der Waals surface area contributed by atoms with Gasteiger partial charge in [0.05, 0.1) is 16.6 Å². The van der Waals surface area contributed by atoms with E-state index in [4.69, 9.17) is 0 Å². The number of hydrogen-bond donors (Lipinski definition) is 2. The van der Waals surface area contributed by atoms with Gasteiger partial charge in [-0.05, 0) is 67.1 Å². The Balaban J connectivity index is 1.50. The number of anilines is 2. The third kappa shape index (κ3) is 3.63. The van der Waals surface area contributed by atoms with Gasteiger partial charge in [0.2, 0.25) is 0 Å². The molecule has 158 valence electrons. The van der Waals surface area contributed by atoms with Crippen molar-refractivity contribution in [3.8, 4) is 0 Å². The molecule has 0 spiro atoms. The maximum absolute atomic E-state index is 13.1. The maximum Gasteiger partial charge on any atom is 0.261 e. The van der Waals surface area contributed by atoms with E-state index >= 15 is 0 Å². The second kappa shape index (κ2) is 7.57. The summed E-state index contributed by atoms with van der Waals surface area (Å²) in [4.78, 5) is 0.295. The minimum absolute atomic E-state index is 0.205. The van der Waals surface area contributed by atoms with Gasteiger partial charge in [-0.1, -0.05) is 60.2 Å². The lowest BCUT2D eigenvalue weighted by molar-refractivity contribution is 0.425. The molecule has 1 aliphatic carbocycles. The summed E-state index contributed by atoms with van der Waals surface area (Å²) in [6.45, 7) is 3.99. The van der Waals surface area contributed by atoms with Crippen LogP contribution in [-0.2, 0) is 10.0 Å². The Hall–Kier alpha value is -3.05. The first-order valence-electron chi connectivity index (χ1n) is 10.6. The van der Waals surface area contributed by atoms with Gasteiger partial charge in [0.25, 0.3) is 10.0 Å². The van der Waals surface area contributed by atoms with Crippen LogP contribution in [0.1, 0.15) is 40.6 Å². The van der Waals surface area contributed by atoms with Crippen molar-refractivity contribution in [2.45, 2.75) is 37.1 Å². The van der Waals surface area contributed by atoms with Gasteiger partial charge in [0.15, 0.2) is 0 Å². The molecule has 0 bridgehead atoms. The van der Waals surface area contributed by atoms with E-state index in [0.717, 1.165) is 23.2 Å². The molecule has 2 N–H and O–H groups in total. The Morgan fingerprint density at radius 1 is 0.968 bits per heavy atom. The summed E-state index contributed by atoms with van der Waals surface area (Å²) in [5.41, 5.74) is 6.08. The van der Waals surface area contributed by atoms with E-state index in [-0.39, 0.29) is 12.0 Å². The molecule has 3 aromatic rings. The Morgan fingerprint density at radius 2 is 1.74 bits per heavy atom. The zero-order valence-electron chi connectivity index (χ0n) is 17.7. The molecule has 0 fully saturated rings. The second-order valence-corrected chi connectivity index (χ2v) is 10.2. The average molecular weight is 431 g/mol. The highest BCUT2D eigenvalue weighted by Crippen LogP contribution is 2.50. The van der Waals surface area contributed by atoms with E-state index in [0.29, 0.717) is 16.5 Å². The SMILES string of the molecule is Cc1ccc([C@H]2Nc3ccc(S(=O)(=O)Nc4ccccc4C)cc3[C@H]3C=CC[C@H]32)cc1. The van der Waals surface area contributed by atoms with E-state index in [2.05, 4.69) is 53.4 Å². The fourth-order valence-electron chi connectivity index (χ4n) is 4.73. The van der Waals surface area contributed by atoms with Gasteiger partial charge in [-0.3, -0.25) is 4.72 Å². The van der Waals surface area contributed by atoms with Gasteiger partial charge in [-0.15, -0.1) is 0 Å². The van der Waals surface area contributed by atoms with Crippen LogP contribution in [-0.4, -0.2) is 8.42 Å². The first-order valence-corrected chi connectivity index (χ1v) is 12.1. The Labute approximate surface area is 184 Å². The largest absolute Gasteiger partial charge is 0.378 e. The quantitative estimate of drug-likeness (QED) is 0.504. The number of allylic oxidation sites excluding steroid dienone is 2. The van der Waals surface area contributed by atoms with Gasteiger partial charge < -0.3 is 5.32 Å². The van der Waals surface area contributed by atoms with Crippen molar-refractivity contribution in [1.29, 1.82) is 0 Å². The Bertz CT molecular complexity index is 1260.